The second-order valence-electron chi connectivity index (χ2n) is 8.09. The summed E-state index contributed by atoms with van der Waals surface area (Å²) in [5, 5.41) is 8.18. The standard InChI is InChI=1S/C21H34N2O5S/c1-4-5-12-23-13-10-17(21(24)22-25)15-20(23)29(26,27)19-8-6-18(7-9-19)28-14-11-16(2)3/h6-9,16-17,20,25H,4-5,10-15H2,1-3H3,(H,22,24). The van der Waals surface area contributed by atoms with Gasteiger partial charge >= 0.3 is 0 Å². The van der Waals surface area contributed by atoms with E-state index >= 15 is 0 Å². The number of benzene rings is 1. The van der Waals surface area contributed by atoms with E-state index < -0.39 is 27.0 Å². The zero-order chi connectivity index (χ0) is 21.4. The molecule has 0 aliphatic carbocycles. The monoisotopic (exact) mass is 426 g/mol. The average Bonchev–Trinajstić information content (AvgIpc) is 2.71. The molecule has 29 heavy (non-hydrogen) atoms. The predicted octanol–water partition coefficient (Wildman–Crippen LogP) is 3.23. The summed E-state index contributed by atoms with van der Waals surface area (Å²) in [5.74, 6) is 0.151. The number of ether oxygens (including phenoxy) is 1. The van der Waals surface area contributed by atoms with Gasteiger partial charge in [0, 0.05) is 12.5 Å². The van der Waals surface area contributed by atoms with Gasteiger partial charge < -0.3 is 4.74 Å². The van der Waals surface area contributed by atoms with Crippen molar-refractivity contribution in [1.82, 2.24) is 10.4 Å². The Kier molecular flexibility index (Phi) is 8.92. The van der Waals surface area contributed by atoms with E-state index in [-0.39, 0.29) is 11.3 Å². The van der Waals surface area contributed by atoms with Crippen molar-refractivity contribution in [2.24, 2.45) is 11.8 Å². The van der Waals surface area contributed by atoms with Crippen LogP contribution in [-0.4, -0.2) is 49.5 Å². The van der Waals surface area contributed by atoms with E-state index in [0.29, 0.717) is 37.8 Å². The summed E-state index contributed by atoms with van der Waals surface area (Å²) in [6.07, 6.45) is 3.50. The average molecular weight is 427 g/mol. The van der Waals surface area contributed by atoms with Crippen LogP contribution in [0.5, 0.6) is 5.75 Å². The zero-order valence-electron chi connectivity index (χ0n) is 17.6. The van der Waals surface area contributed by atoms with Gasteiger partial charge in [0.15, 0.2) is 9.84 Å². The molecule has 1 fully saturated rings. The van der Waals surface area contributed by atoms with E-state index in [2.05, 4.69) is 20.8 Å². The van der Waals surface area contributed by atoms with Crippen LogP contribution in [0, 0.1) is 11.8 Å². The third-order valence-corrected chi connectivity index (χ3v) is 7.55. The fraction of sp³-hybridized carbons (Fsp3) is 0.667. The van der Waals surface area contributed by atoms with Crippen LogP contribution in [0.3, 0.4) is 0 Å². The Bertz CT molecular complexity index is 749. The maximum atomic E-state index is 13.4. The molecule has 1 aromatic rings. The number of amides is 1. The minimum absolute atomic E-state index is 0.172. The number of sulfone groups is 1. The number of hydrogen-bond donors (Lipinski definition) is 2. The first-order chi connectivity index (χ1) is 13.8. The fourth-order valence-corrected chi connectivity index (χ4v) is 5.46. The molecule has 2 unspecified atom stereocenters. The van der Waals surface area contributed by atoms with E-state index in [4.69, 9.17) is 9.94 Å². The molecular formula is C21H34N2O5S. The Labute approximate surface area is 174 Å². The van der Waals surface area contributed by atoms with Crippen LogP contribution in [-0.2, 0) is 14.6 Å². The van der Waals surface area contributed by atoms with Gasteiger partial charge in [0.05, 0.1) is 11.5 Å². The minimum Gasteiger partial charge on any atom is -0.494 e. The second-order valence-corrected chi connectivity index (χ2v) is 10.2. The lowest BCUT2D eigenvalue weighted by Crippen LogP contribution is -2.50. The molecule has 8 heteroatoms. The molecule has 1 aliphatic heterocycles. The lowest BCUT2D eigenvalue weighted by molar-refractivity contribution is -0.135. The Morgan fingerprint density at radius 2 is 2.00 bits per heavy atom. The van der Waals surface area contributed by atoms with Crippen molar-refractivity contribution in [3.63, 3.8) is 0 Å². The highest BCUT2D eigenvalue weighted by molar-refractivity contribution is 7.92. The van der Waals surface area contributed by atoms with Gasteiger partial charge in [0.2, 0.25) is 5.91 Å². The topological polar surface area (TPSA) is 95.9 Å². The molecule has 164 valence electrons. The summed E-state index contributed by atoms with van der Waals surface area (Å²) >= 11 is 0. The van der Waals surface area contributed by atoms with Crippen molar-refractivity contribution in [3.8, 4) is 5.75 Å². The molecule has 1 saturated heterocycles. The van der Waals surface area contributed by atoms with Gasteiger partial charge in [-0.3, -0.25) is 14.9 Å². The smallest absolute Gasteiger partial charge is 0.246 e. The summed E-state index contributed by atoms with van der Waals surface area (Å²) < 4.78 is 32.4. The molecule has 0 radical (unpaired) electrons. The molecule has 0 saturated carbocycles. The van der Waals surface area contributed by atoms with E-state index in [1.54, 1.807) is 29.7 Å². The van der Waals surface area contributed by atoms with Crippen molar-refractivity contribution in [2.75, 3.05) is 19.7 Å². The zero-order valence-corrected chi connectivity index (χ0v) is 18.5. The summed E-state index contributed by atoms with van der Waals surface area (Å²) in [6, 6.07) is 6.52. The number of nitrogens with zero attached hydrogens (tertiary/aromatic N) is 1. The molecule has 1 aromatic carbocycles. The SMILES string of the molecule is CCCCN1CCC(C(=O)NO)CC1S(=O)(=O)c1ccc(OCCC(C)C)cc1. The van der Waals surface area contributed by atoms with Crippen LogP contribution in [0.1, 0.15) is 52.9 Å². The first-order valence-corrected chi connectivity index (χ1v) is 12.0. The molecule has 1 amide bonds. The maximum Gasteiger partial charge on any atom is 0.246 e. The van der Waals surface area contributed by atoms with Crippen molar-refractivity contribution in [3.05, 3.63) is 24.3 Å². The largest absolute Gasteiger partial charge is 0.494 e. The van der Waals surface area contributed by atoms with Gasteiger partial charge in [-0.25, -0.2) is 13.9 Å². The molecular weight excluding hydrogens is 392 g/mol. The summed E-state index contributed by atoms with van der Waals surface area (Å²) in [4.78, 5) is 14.1. The molecule has 2 rings (SSSR count). The van der Waals surface area contributed by atoms with Gasteiger partial charge in [0.25, 0.3) is 0 Å². The van der Waals surface area contributed by atoms with Crippen molar-refractivity contribution < 1.29 is 23.2 Å². The molecule has 2 N–H and O–H groups in total. The number of piperidine rings is 1. The summed E-state index contributed by atoms with van der Waals surface area (Å²) in [6.45, 7) is 8.08. The molecule has 0 aromatic heterocycles. The maximum absolute atomic E-state index is 13.4. The molecule has 0 bridgehead atoms. The number of likely N-dealkylation sites (tertiary alicyclic amines) is 1. The Morgan fingerprint density at radius 1 is 1.31 bits per heavy atom. The van der Waals surface area contributed by atoms with E-state index in [1.807, 2.05) is 4.90 Å². The molecule has 1 heterocycles. The third-order valence-electron chi connectivity index (χ3n) is 5.41. The lowest BCUT2D eigenvalue weighted by Gasteiger charge is -2.38. The highest BCUT2D eigenvalue weighted by Gasteiger charge is 2.40. The number of carbonyl (C=O) groups excluding carboxylic acids is 1. The van der Waals surface area contributed by atoms with Gasteiger partial charge in [0.1, 0.15) is 11.1 Å². The highest BCUT2D eigenvalue weighted by atomic mass is 32.2. The van der Waals surface area contributed by atoms with E-state index in [9.17, 15) is 13.2 Å². The summed E-state index contributed by atoms with van der Waals surface area (Å²) in [7, 11) is -3.66. The number of carbonyl (C=O) groups is 1. The molecule has 2 atom stereocenters. The number of nitrogens with one attached hydrogen (secondary N) is 1. The predicted molar refractivity (Wildman–Crippen MR) is 112 cm³/mol. The van der Waals surface area contributed by atoms with Gasteiger partial charge in [-0.05, 0) is 62.4 Å². The fourth-order valence-electron chi connectivity index (χ4n) is 3.54. The normalized spacial score (nSPS) is 20.6. The first kappa shape index (κ1) is 23.6. The van der Waals surface area contributed by atoms with E-state index in [1.165, 1.54) is 0 Å². The highest BCUT2D eigenvalue weighted by Crippen LogP contribution is 2.31. The number of unbranched alkanes of at least 4 members (excludes halogenated alkanes) is 1. The van der Waals surface area contributed by atoms with Crippen LogP contribution in [0.2, 0.25) is 0 Å². The quantitative estimate of drug-likeness (QED) is 0.440. The Hall–Kier alpha value is -1.64. The first-order valence-electron chi connectivity index (χ1n) is 10.4. The molecule has 0 spiro atoms. The van der Waals surface area contributed by atoms with Crippen molar-refractivity contribution in [1.29, 1.82) is 0 Å². The second kappa shape index (κ2) is 10.9. The van der Waals surface area contributed by atoms with Crippen LogP contribution in [0.25, 0.3) is 0 Å². The lowest BCUT2D eigenvalue weighted by atomic mass is 9.96. The van der Waals surface area contributed by atoms with Gasteiger partial charge in [-0.1, -0.05) is 27.2 Å². The van der Waals surface area contributed by atoms with Gasteiger partial charge in [-0.2, -0.15) is 0 Å². The van der Waals surface area contributed by atoms with Crippen LogP contribution >= 0.6 is 0 Å². The molecule has 7 nitrogen and oxygen atoms in total. The summed E-state index contributed by atoms with van der Waals surface area (Å²) in [5.41, 5.74) is 1.67. The Balaban J connectivity index is 2.18. The van der Waals surface area contributed by atoms with Crippen molar-refractivity contribution >= 4 is 15.7 Å². The number of hydrogen-bond acceptors (Lipinski definition) is 6. The molecule has 1 aliphatic rings. The third kappa shape index (κ3) is 6.42. The minimum atomic E-state index is -3.66. The van der Waals surface area contributed by atoms with Crippen molar-refractivity contribution in [2.45, 2.75) is 63.1 Å². The van der Waals surface area contributed by atoms with Crippen LogP contribution in [0.4, 0.5) is 0 Å². The van der Waals surface area contributed by atoms with Crippen LogP contribution in [0.15, 0.2) is 29.2 Å². The van der Waals surface area contributed by atoms with Crippen LogP contribution < -0.4 is 10.2 Å². The Morgan fingerprint density at radius 3 is 2.59 bits per heavy atom. The number of hydroxylamine groups is 1. The van der Waals surface area contributed by atoms with E-state index in [0.717, 1.165) is 19.3 Å². The number of rotatable bonds is 10. The van der Waals surface area contributed by atoms with Gasteiger partial charge in [-0.15, -0.1) is 0 Å².